The van der Waals surface area contributed by atoms with Gasteiger partial charge in [0.25, 0.3) is 0 Å². The lowest BCUT2D eigenvalue weighted by Crippen LogP contribution is -2.50. The third kappa shape index (κ3) is 8.41. The lowest BCUT2D eigenvalue weighted by molar-refractivity contribution is 0.0132. The molecule has 3 rings (SSSR count). The fourth-order valence-corrected chi connectivity index (χ4v) is 4.32. The fourth-order valence-electron chi connectivity index (χ4n) is 4.32. The number of nitrogens with zero attached hydrogens (tertiary/aromatic N) is 3. The molecule has 2 saturated heterocycles. The largest absolute Gasteiger partial charge is 0.379 e. The van der Waals surface area contributed by atoms with Gasteiger partial charge in [-0.05, 0) is 23.5 Å². The van der Waals surface area contributed by atoms with Crippen LogP contribution in [0.1, 0.15) is 31.4 Å². The second-order valence-electron chi connectivity index (χ2n) is 8.95. The highest BCUT2D eigenvalue weighted by molar-refractivity contribution is 5.79. The van der Waals surface area contributed by atoms with E-state index in [0.717, 1.165) is 78.2 Å². The summed E-state index contributed by atoms with van der Waals surface area (Å²) in [5.74, 6) is 1.53. The zero-order valence-corrected chi connectivity index (χ0v) is 19.6. The van der Waals surface area contributed by atoms with Gasteiger partial charge in [0.1, 0.15) is 0 Å². The van der Waals surface area contributed by atoms with Crippen molar-refractivity contribution in [3.63, 3.8) is 0 Å². The van der Waals surface area contributed by atoms with E-state index in [1.165, 1.54) is 17.5 Å². The average molecular weight is 432 g/mol. The molecule has 0 saturated carbocycles. The molecule has 7 heteroatoms. The van der Waals surface area contributed by atoms with E-state index in [1.807, 2.05) is 7.05 Å². The Morgan fingerprint density at radius 1 is 1.00 bits per heavy atom. The van der Waals surface area contributed by atoms with Crippen LogP contribution in [0.5, 0.6) is 0 Å². The van der Waals surface area contributed by atoms with Crippen molar-refractivity contribution in [2.45, 2.75) is 39.4 Å². The van der Waals surface area contributed by atoms with Crippen molar-refractivity contribution in [2.75, 3.05) is 66.2 Å². The highest BCUT2D eigenvalue weighted by Gasteiger charge is 2.22. The lowest BCUT2D eigenvalue weighted by atomic mass is 10.0. The lowest BCUT2D eigenvalue weighted by Gasteiger charge is -2.35. The molecule has 31 heavy (non-hydrogen) atoms. The van der Waals surface area contributed by atoms with E-state index in [-0.39, 0.29) is 0 Å². The summed E-state index contributed by atoms with van der Waals surface area (Å²) in [4.78, 5) is 9.45. The Kier molecular flexibility index (Phi) is 10.1. The standard InChI is InChI=1S/C24H41N5O2/c1-20(2)15-23(29-9-13-31-14-10-29)18-27-24(25-3)26-17-21-5-4-6-22(16-21)19-28-7-11-30-12-8-28/h4-6,16,20,23H,7-15,17-19H2,1-3H3,(H2,25,26,27). The van der Waals surface area contributed by atoms with E-state index in [1.54, 1.807) is 0 Å². The van der Waals surface area contributed by atoms with Gasteiger partial charge in [-0.25, -0.2) is 0 Å². The van der Waals surface area contributed by atoms with Gasteiger partial charge in [0.15, 0.2) is 5.96 Å². The predicted molar refractivity (Wildman–Crippen MR) is 126 cm³/mol. The zero-order valence-electron chi connectivity index (χ0n) is 19.6. The van der Waals surface area contributed by atoms with E-state index in [9.17, 15) is 0 Å². The first-order valence-corrected chi connectivity index (χ1v) is 11.8. The summed E-state index contributed by atoms with van der Waals surface area (Å²) in [5, 5.41) is 7.05. The van der Waals surface area contributed by atoms with Gasteiger partial charge in [0, 0.05) is 58.9 Å². The van der Waals surface area contributed by atoms with Crippen LogP contribution in [0, 0.1) is 5.92 Å². The minimum atomic E-state index is 0.499. The van der Waals surface area contributed by atoms with Gasteiger partial charge >= 0.3 is 0 Å². The molecule has 174 valence electrons. The molecule has 0 radical (unpaired) electrons. The minimum Gasteiger partial charge on any atom is -0.379 e. The topological polar surface area (TPSA) is 61.4 Å². The molecule has 1 unspecified atom stereocenters. The molecule has 2 aliphatic heterocycles. The summed E-state index contributed by atoms with van der Waals surface area (Å²) in [7, 11) is 1.84. The predicted octanol–water partition coefficient (Wildman–Crippen LogP) is 1.93. The van der Waals surface area contributed by atoms with Gasteiger partial charge in [-0.2, -0.15) is 0 Å². The Bertz CT molecular complexity index is 670. The van der Waals surface area contributed by atoms with E-state index in [0.29, 0.717) is 12.0 Å². The molecule has 2 N–H and O–H groups in total. The van der Waals surface area contributed by atoms with E-state index < -0.39 is 0 Å². The smallest absolute Gasteiger partial charge is 0.191 e. The second-order valence-corrected chi connectivity index (χ2v) is 8.95. The van der Waals surface area contributed by atoms with Crippen LogP contribution in [0.3, 0.4) is 0 Å². The Balaban J connectivity index is 1.48. The van der Waals surface area contributed by atoms with Crippen molar-refractivity contribution >= 4 is 5.96 Å². The monoisotopic (exact) mass is 431 g/mol. The molecule has 0 amide bonds. The molecule has 2 aliphatic rings. The number of aliphatic imine (C=N–C) groups is 1. The molecule has 2 fully saturated rings. The van der Waals surface area contributed by atoms with E-state index in [2.05, 4.69) is 63.5 Å². The quantitative estimate of drug-likeness (QED) is 0.460. The number of benzene rings is 1. The first kappa shape index (κ1) is 24.0. The third-order valence-electron chi connectivity index (χ3n) is 6.00. The highest BCUT2D eigenvalue weighted by atomic mass is 16.5. The number of hydrogen-bond donors (Lipinski definition) is 2. The zero-order chi connectivity index (χ0) is 21.9. The molecule has 0 spiro atoms. The minimum absolute atomic E-state index is 0.499. The number of guanidine groups is 1. The van der Waals surface area contributed by atoms with Crippen molar-refractivity contribution in [1.82, 2.24) is 20.4 Å². The number of ether oxygens (including phenoxy) is 2. The molecule has 1 atom stereocenters. The first-order chi connectivity index (χ1) is 15.1. The molecule has 0 aromatic heterocycles. The fraction of sp³-hybridized carbons (Fsp3) is 0.708. The maximum Gasteiger partial charge on any atom is 0.191 e. The van der Waals surface area contributed by atoms with Crippen LogP contribution in [0.15, 0.2) is 29.3 Å². The Morgan fingerprint density at radius 3 is 2.35 bits per heavy atom. The van der Waals surface area contributed by atoms with Gasteiger partial charge in [-0.1, -0.05) is 38.1 Å². The normalized spacial score (nSPS) is 20.1. The third-order valence-corrected chi connectivity index (χ3v) is 6.00. The van der Waals surface area contributed by atoms with Gasteiger partial charge in [-0.3, -0.25) is 14.8 Å². The van der Waals surface area contributed by atoms with Crippen LogP contribution in [-0.4, -0.2) is 88.0 Å². The Hall–Kier alpha value is -1.67. The highest BCUT2D eigenvalue weighted by Crippen LogP contribution is 2.13. The summed E-state index contributed by atoms with van der Waals surface area (Å²) in [6, 6.07) is 9.34. The van der Waals surface area contributed by atoms with Gasteiger partial charge in [0.2, 0.25) is 0 Å². The van der Waals surface area contributed by atoms with E-state index in [4.69, 9.17) is 9.47 Å². The SMILES string of the molecule is CN=C(NCc1cccc(CN2CCOCC2)c1)NCC(CC(C)C)N1CCOCC1. The first-order valence-electron chi connectivity index (χ1n) is 11.8. The molecule has 1 aromatic carbocycles. The number of nitrogens with one attached hydrogen (secondary N) is 2. The average Bonchev–Trinajstić information content (AvgIpc) is 2.79. The van der Waals surface area contributed by atoms with Crippen molar-refractivity contribution < 1.29 is 9.47 Å². The molecule has 0 bridgehead atoms. The van der Waals surface area contributed by atoms with Crippen LogP contribution in [0.4, 0.5) is 0 Å². The number of hydrogen-bond acceptors (Lipinski definition) is 5. The van der Waals surface area contributed by atoms with Crippen molar-refractivity contribution in [3.05, 3.63) is 35.4 Å². The van der Waals surface area contributed by atoms with Crippen molar-refractivity contribution in [2.24, 2.45) is 10.9 Å². The summed E-state index contributed by atoms with van der Waals surface area (Å²) in [6.45, 7) is 14.6. The summed E-state index contributed by atoms with van der Waals surface area (Å²) in [5.41, 5.74) is 2.63. The number of morpholine rings is 2. The molecule has 1 aromatic rings. The maximum absolute atomic E-state index is 5.54. The Labute approximate surface area is 188 Å². The van der Waals surface area contributed by atoms with Crippen LogP contribution in [-0.2, 0) is 22.6 Å². The summed E-state index contributed by atoms with van der Waals surface area (Å²) >= 11 is 0. The maximum atomic E-state index is 5.54. The number of rotatable bonds is 9. The molecule has 0 aliphatic carbocycles. The van der Waals surface area contributed by atoms with Crippen molar-refractivity contribution in [1.29, 1.82) is 0 Å². The van der Waals surface area contributed by atoms with E-state index >= 15 is 0 Å². The summed E-state index contributed by atoms with van der Waals surface area (Å²) < 4.78 is 11.0. The van der Waals surface area contributed by atoms with Crippen LogP contribution < -0.4 is 10.6 Å². The molecule has 2 heterocycles. The molecular formula is C24H41N5O2. The van der Waals surface area contributed by atoms with Gasteiger partial charge in [-0.15, -0.1) is 0 Å². The van der Waals surface area contributed by atoms with Gasteiger partial charge < -0.3 is 20.1 Å². The van der Waals surface area contributed by atoms with Crippen LogP contribution >= 0.6 is 0 Å². The van der Waals surface area contributed by atoms with Crippen molar-refractivity contribution in [3.8, 4) is 0 Å². The molecule has 7 nitrogen and oxygen atoms in total. The van der Waals surface area contributed by atoms with Gasteiger partial charge in [0.05, 0.1) is 26.4 Å². The molecular weight excluding hydrogens is 390 g/mol. The Morgan fingerprint density at radius 2 is 1.68 bits per heavy atom. The summed E-state index contributed by atoms with van der Waals surface area (Å²) in [6.07, 6.45) is 1.17. The van der Waals surface area contributed by atoms with Crippen LogP contribution in [0.25, 0.3) is 0 Å². The van der Waals surface area contributed by atoms with Crippen LogP contribution in [0.2, 0.25) is 0 Å². The second kappa shape index (κ2) is 13.0.